The van der Waals surface area contributed by atoms with Crippen LogP contribution in [0.4, 0.5) is 5.69 Å². The van der Waals surface area contributed by atoms with E-state index in [1.807, 2.05) is 36.4 Å². The number of para-hydroxylation sites is 2. The Balaban J connectivity index is 1.80. The molecule has 0 radical (unpaired) electrons. The number of amides is 1. The molecule has 0 aliphatic heterocycles. The number of anilines is 1. The third-order valence-corrected chi connectivity index (χ3v) is 4.53. The van der Waals surface area contributed by atoms with Crippen molar-refractivity contribution in [3.8, 4) is 5.69 Å². The first-order valence-electron chi connectivity index (χ1n) is 6.83. The van der Waals surface area contributed by atoms with Gasteiger partial charge in [0.15, 0.2) is 0 Å². The van der Waals surface area contributed by atoms with Crippen LogP contribution in [-0.2, 0) is 11.2 Å². The summed E-state index contributed by atoms with van der Waals surface area (Å²) in [6.07, 6.45) is 3.35. The first kappa shape index (κ1) is 15.7. The maximum absolute atomic E-state index is 12.3. The lowest BCUT2D eigenvalue weighted by Gasteiger charge is -2.11. The highest BCUT2D eigenvalue weighted by Crippen LogP contribution is 2.26. The molecule has 0 aliphatic rings. The van der Waals surface area contributed by atoms with Gasteiger partial charge in [0.2, 0.25) is 5.91 Å². The zero-order chi connectivity index (χ0) is 16.2. The van der Waals surface area contributed by atoms with E-state index < -0.39 is 0 Å². The van der Waals surface area contributed by atoms with E-state index in [4.69, 9.17) is 11.6 Å². The van der Waals surface area contributed by atoms with Gasteiger partial charge in [-0.15, -0.1) is 4.80 Å². The number of hydrogen-bond acceptors (Lipinski definition) is 3. The van der Waals surface area contributed by atoms with Crippen LogP contribution in [0.25, 0.3) is 5.69 Å². The van der Waals surface area contributed by atoms with Crippen molar-refractivity contribution in [3.05, 3.63) is 69.9 Å². The highest BCUT2D eigenvalue weighted by atomic mass is 79.9. The van der Waals surface area contributed by atoms with E-state index >= 15 is 0 Å². The molecule has 0 saturated carbocycles. The zero-order valence-electron chi connectivity index (χ0n) is 11.9. The number of aromatic nitrogens is 3. The second-order valence-corrected chi connectivity index (χ2v) is 6.01. The molecule has 23 heavy (non-hydrogen) atoms. The minimum atomic E-state index is -0.162. The Hall–Kier alpha value is -2.18. The number of carbonyl (C=O) groups excluding carboxylic acids is 1. The zero-order valence-corrected chi connectivity index (χ0v) is 14.3. The van der Waals surface area contributed by atoms with Crippen LogP contribution in [0.3, 0.4) is 0 Å². The summed E-state index contributed by atoms with van der Waals surface area (Å²) < 4.78 is 0.769. The standard InChI is InChI=1S/C16H12BrClN4O/c17-12-5-3-4-11(16(12)18)10-15(23)21-13-6-1-2-7-14(13)22-19-8-9-20-22/h1-9H,10H2,(H,21,23). The summed E-state index contributed by atoms with van der Waals surface area (Å²) in [6, 6.07) is 12.9. The number of nitrogens with zero attached hydrogens (tertiary/aromatic N) is 3. The van der Waals surface area contributed by atoms with Crippen LogP contribution in [0.5, 0.6) is 0 Å². The molecule has 0 fully saturated rings. The molecule has 0 aliphatic carbocycles. The summed E-state index contributed by atoms with van der Waals surface area (Å²) >= 11 is 9.56. The van der Waals surface area contributed by atoms with Crippen LogP contribution >= 0.6 is 27.5 Å². The van der Waals surface area contributed by atoms with Gasteiger partial charge in [-0.1, -0.05) is 35.9 Å². The van der Waals surface area contributed by atoms with Gasteiger partial charge in [-0.3, -0.25) is 4.79 Å². The lowest BCUT2D eigenvalue weighted by Crippen LogP contribution is -2.16. The third-order valence-electron chi connectivity index (χ3n) is 3.19. The Morgan fingerprint density at radius 3 is 2.65 bits per heavy atom. The average Bonchev–Trinajstić information content (AvgIpc) is 3.06. The van der Waals surface area contributed by atoms with Gasteiger partial charge >= 0.3 is 0 Å². The van der Waals surface area contributed by atoms with Crippen LogP contribution < -0.4 is 5.32 Å². The molecular formula is C16H12BrClN4O. The van der Waals surface area contributed by atoms with Crippen LogP contribution in [0.15, 0.2) is 59.3 Å². The molecule has 1 amide bonds. The minimum absolute atomic E-state index is 0.162. The van der Waals surface area contributed by atoms with Crippen molar-refractivity contribution in [1.29, 1.82) is 0 Å². The van der Waals surface area contributed by atoms with Crippen molar-refractivity contribution in [1.82, 2.24) is 15.0 Å². The van der Waals surface area contributed by atoms with Gasteiger partial charge in [-0.05, 0) is 39.7 Å². The van der Waals surface area contributed by atoms with Gasteiger partial charge in [-0.2, -0.15) is 10.2 Å². The minimum Gasteiger partial charge on any atom is -0.324 e. The lowest BCUT2D eigenvalue weighted by atomic mass is 10.1. The van der Waals surface area contributed by atoms with Crippen LogP contribution in [-0.4, -0.2) is 20.9 Å². The van der Waals surface area contributed by atoms with Crippen molar-refractivity contribution in [2.75, 3.05) is 5.32 Å². The number of halogens is 2. The Bertz CT molecular complexity index is 836. The fourth-order valence-corrected chi connectivity index (χ4v) is 2.75. The van der Waals surface area contributed by atoms with E-state index in [-0.39, 0.29) is 12.3 Å². The monoisotopic (exact) mass is 390 g/mol. The Morgan fingerprint density at radius 2 is 1.87 bits per heavy atom. The predicted octanol–water partition coefficient (Wildman–Crippen LogP) is 3.86. The van der Waals surface area contributed by atoms with E-state index in [0.717, 1.165) is 10.0 Å². The second kappa shape index (κ2) is 6.93. The summed E-state index contributed by atoms with van der Waals surface area (Å²) in [5, 5.41) is 11.6. The summed E-state index contributed by atoms with van der Waals surface area (Å²) in [4.78, 5) is 13.8. The maximum atomic E-state index is 12.3. The normalized spacial score (nSPS) is 10.5. The molecule has 1 heterocycles. The van der Waals surface area contributed by atoms with Gasteiger partial charge < -0.3 is 5.32 Å². The quantitative estimate of drug-likeness (QED) is 0.734. The molecule has 5 nitrogen and oxygen atoms in total. The van der Waals surface area contributed by atoms with E-state index in [2.05, 4.69) is 31.4 Å². The van der Waals surface area contributed by atoms with Gasteiger partial charge in [0.05, 0.1) is 29.5 Å². The third kappa shape index (κ3) is 3.60. The van der Waals surface area contributed by atoms with E-state index in [1.165, 1.54) is 4.80 Å². The largest absolute Gasteiger partial charge is 0.324 e. The van der Waals surface area contributed by atoms with Crippen molar-refractivity contribution < 1.29 is 4.79 Å². The first-order valence-corrected chi connectivity index (χ1v) is 8.00. The number of benzene rings is 2. The molecular weight excluding hydrogens is 380 g/mol. The molecule has 2 aromatic carbocycles. The summed E-state index contributed by atoms with van der Waals surface area (Å²) in [7, 11) is 0. The summed E-state index contributed by atoms with van der Waals surface area (Å²) in [5.41, 5.74) is 2.10. The van der Waals surface area contributed by atoms with Gasteiger partial charge in [-0.25, -0.2) is 0 Å². The van der Waals surface area contributed by atoms with Crippen molar-refractivity contribution in [2.45, 2.75) is 6.42 Å². The van der Waals surface area contributed by atoms with Crippen molar-refractivity contribution >= 4 is 39.1 Å². The summed E-state index contributed by atoms with van der Waals surface area (Å²) in [5.74, 6) is -0.162. The average molecular weight is 392 g/mol. The Morgan fingerprint density at radius 1 is 1.13 bits per heavy atom. The fourth-order valence-electron chi connectivity index (χ4n) is 2.15. The molecule has 0 unspecified atom stereocenters. The molecule has 116 valence electrons. The first-order chi connectivity index (χ1) is 11.1. The van der Waals surface area contributed by atoms with Crippen molar-refractivity contribution in [3.63, 3.8) is 0 Å². The maximum Gasteiger partial charge on any atom is 0.228 e. The van der Waals surface area contributed by atoms with Gasteiger partial charge in [0, 0.05) is 4.47 Å². The molecule has 3 rings (SSSR count). The smallest absolute Gasteiger partial charge is 0.228 e. The second-order valence-electron chi connectivity index (χ2n) is 4.77. The molecule has 0 atom stereocenters. The van der Waals surface area contributed by atoms with Gasteiger partial charge in [0.1, 0.15) is 5.69 Å². The highest BCUT2D eigenvalue weighted by molar-refractivity contribution is 9.10. The van der Waals surface area contributed by atoms with E-state index in [9.17, 15) is 4.79 Å². The fraction of sp³-hybridized carbons (Fsp3) is 0.0625. The molecule has 7 heteroatoms. The van der Waals surface area contributed by atoms with Crippen LogP contribution in [0.1, 0.15) is 5.56 Å². The number of hydrogen-bond donors (Lipinski definition) is 1. The SMILES string of the molecule is O=C(Cc1cccc(Br)c1Cl)Nc1ccccc1-n1nccn1. The molecule has 3 aromatic rings. The van der Waals surface area contributed by atoms with Gasteiger partial charge in [0.25, 0.3) is 0 Å². The van der Waals surface area contributed by atoms with E-state index in [0.29, 0.717) is 16.4 Å². The molecule has 0 bridgehead atoms. The summed E-state index contributed by atoms with van der Waals surface area (Å²) in [6.45, 7) is 0. The number of rotatable bonds is 4. The Kier molecular flexibility index (Phi) is 4.73. The Labute approximate surface area is 146 Å². The molecule has 1 aromatic heterocycles. The van der Waals surface area contributed by atoms with Crippen molar-refractivity contribution in [2.24, 2.45) is 0 Å². The molecule has 0 spiro atoms. The van der Waals surface area contributed by atoms with E-state index in [1.54, 1.807) is 18.5 Å². The number of carbonyl (C=O) groups is 1. The number of nitrogens with one attached hydrogen (secondary N) is 1. The molecule has 0 saturated heterocycles. The highest BCUT2D eigenvalue weighted by Gasteiger charge is 2.12. The predicted molar refractivity (Wildman–Crippen MR) is 92.8 cm³/mol. The lowest BCUT2D eigenvalue weighted by molar-refractivity contribution is -0.115. The topological polar surface area (TPSA) is 59.8 Å². The van der Waals surface area contributed by atoms with Crippen LogP contribution in [0.2, 0.25) is 5.02 Å². The molecule has 1 N–H and O–H groups in total. The van der Waals surface area contributed by atoms with Crippen LogP contribution in [0, 0.1) is 0 Å².